The van der Waals surface area contributed by atoms with Gasteiger partial charge < -0.3 is 4.98 Å². The molecule has 0 saturated heterocycles. The number of rotatable bonds is 2. The molecule has 0 radical (unpaired) electrons. The summed E-state index contributed by atoms with van der Waals surface area (Å²) in [5.74, 6) is -0.0264. The SMILES string of the molecule is O=C(c1cc(I)ccc1Br)c1c[nH]c2ncc(Br)cc12. The maximum atomic E-state index is 12.7. The summed E-state index contributed by atoms with van der Waals surface area (Å²) >= 11 is 9.02. The second kappa shape index (κ2) is 5.57. The zero-order valence-corrected chi connectivity index (χ0v) is 15.3. The third-order valence-electron chi connectivity index (χ3n) is 2.92. The van der Waals surface area contributed by atoms with Crippen molar-refractivity contribution in [2.75, 3.05) is 0 Å². The highest BCUT2D eigenvalue weighted by Crippen LogP contribution is 2.27. The number of hydrogen-bond donors (Lipinski definition) is 1. The number of carbonyl (C=O) groups is 1. The molecule has 0 atom stereocenters. The van der Waals surface area contributed by atoms with Gasteiger partial charge in [-0.3, -0.25) is 4.79 Å². The Morgan fingerprint density at radius 3 is 2.80 bits per heavy atom. The Morgan fingerprint density at radius 2 is 2.00 bits per heavy atom. The first kappa shape index (κ1) is 14.2. The van der Waals surface area contributed by atoms with E-state index in [9.17, 15) is 4.79 Å². The van der Waals surface area contributed by atoms with E-state index in [0.29, 0.717) is 16.8 Å². The number of benzene rings is 1. The highest BCUT2D eigenvalue weighted by atomic mass is 127. The van der Waals surface area contributed by atoms with Crippen LogP contribution in [0.5, 0.6) is 0 Å². The maximum Gasteiger partial charge on any atom is 0.196 e. The van der Waals surface area contributed by atoms with Gasteiger partial charge in [-0.25, -0.2) is 4.98 Å². The molecular weight excluding hydrogens is 499 g/mol. The highest BCUT2D eigenvalue weighted by molar-refractivity contribution is 14.1. The largest absolute Gasteiger partial charge is 0.345 e. The standard InChI is InChI=1S/C14H7Br2IN2O/c15-7-3-9-11(6-19-14(9)18-5-7)13(20)10-4-8(17)1-2-12(10)16/h1-6H,(H,18,19). The van der Waals surface area contributed by atoms with E-state index in [0.717, 1.165) is 17.9 Å². The monoisotopic (exact) mass is 504 g/mol. The second-order valence-corrected chi connectivity index (χ2v) is 7.22. The fraction of sp³-hybridized carbons (Fsp3) is 0. The topological polar surface area (TPSA) is 45.8 Å². The van der Waals surface area contributed by atoms with Crippen molar-refractivity contribution in [3.05, 3.63) is 60.3 Å². The fourth-order valence-corrected chi connectivity index (χ4v) is 3.23. The van der Waals surface area contributed by atoms with Crippen molar-refractivity contribution in [1.82, 2.24) is 9.97 Å². The van der Waals surface area contributed by atoms with Crippen LogP contribution in [0.4, 0.5) is 0 Å². The number of halogens is 3. The van der Waals surface area contributed by atoms with Crippen molar-refractivity contribution in [2.24, 2.45) is 0 Å². The Kier molecular flexibility index (Phi) is 3.96. The summed E-state index contributed by atoms with van der Waals surface area (Å²) in [5.41, 5.74) is 1.98. The maximum absolute atomic E-state index is 12.7. The van der Waals surface area contributed by atoms with Gasteiger partial charge in [0, 0.05) is 41.4 Å². The number of nitrogens with zero attached hydrogens (tertiary/aromatic N) is 1. The molecule has 1 N–H and O–H groups in total. The van der Waals surface area contributed by atoms with Crippen LogP contribution in [0.25, 0.3) is 11.0 Å². The van der Waals surface area contributed by atoms with Gasteiger partial charge in [0.15, 0.2) is 5.78 Å². The van der Waals surface area contributed by atoms with Crippen LogP contribution in [0.1, 0.15) is 15.9 Å². The molecule has 0 bridgehead atoms. The molecule has 20 heavy (non-hydrogen) atoms. The smallest absolute Gasteiger partial charge is 0.196 e. The third-order valence-corrected chi connectivity index (χ3v) is 4.71. The van der Waals surface area contributed by atoms with Crippen molar-refractivity contribution in [3.8, 4) is 0 Å². The van der Waals surface area contributed by atoms with Crippen LogP contribution in [0.2, 0.25) is 0 Å². The minimum atomic E-state index is -0.0264. The Bertz CT molecular complexity index is 829. The number of pyridine rings is 1. The number of carbonyl (C=O) groups excluding carboxylic acids is 1. The van der Waals surface area contributed by atoms with Gasteiger partial charge in [0.2, 0.25) is 0 Å². The first-order valence-corrected chi connectivity index (χ1v) is 8.35. The van der Waals surface area contributed by atoms with Crippen LogP contribution in [0.3, 0.4) is 0 Å². The third kappa shape index (κ3) is 2.56. The van der Waals surface area contributed by atoms with Gasteiger partial charge in [-0.1, -0.05) is 15.9 Å². The average Bonchev–Trinajstić information content (AvgIpc) is 2.83. The summed E-state index contributed by atoms with van der Waals surface area (Å²) in [6.45, 7) is 0. The van der Waals surface area contributed by atoms with Crippen LogP contribution < -0.4 is 0 Å². The van der Waals surface area contributed by atoms with E-state index in [2.05, 4.69) is 64.4 Å². The summed E-state index contributed by atoms with van der Waals surface area (Å²) in [6, 6.07) is 7.61. The quantitative estimate of drug-likeness (QED) is 0.397. The van der Waals surface area contributed by atoms with Crippen LogP contribution in [-0.2, 0) is 0 Å². The number of nitrogens with one attached hydrogen (secondary N) is 1. The molecule has 2 aromatic heterocycles. The van der Waals surface area contributed by atoms with E-state index in [-0.39, 0.29) is 5.78 Å². The molecule has 2 heterocycles. The Hall–Kier alpha value is -0.730. The second-order valence-electron chi connectivity index (χ2n) is 4.21. The van der Waals surface area contributed by atoms with Gasteiger partial charge in [-0.15, -0.1) is 0 Å². The number of fused-ring (bicyclic) bond motifs is 1. The Balaban J connectivity index is 2.17. The van der Waals surface area contributed by atoms with E-state index in [4.69, 9.17) is 0 Å². The van der Waals surface area contributed by atoms with Crippen molar-refractivity contribution in [3.63, 3.8) is 0 Å². The molecule has 3 nitrogen and oxygen atoms in total. The van der Waals surface area contributed by atoms with E-state index < -0.39 is 0 Å². The predicted octanol–water partition coefficient (Wildman–Crippen LogP) is 4.92. The average molecular weight is 506 g/mol. The lowest BCUT2D eigenvalue weighted by Gasteiger charge is -2.04. The van der Waals surface area contributed by atoms with Crippen molar-refractivity contribution in [2.45, 2.75) is 0 Å². The van der Waals surface area contributed by atoms with Gasteiger partial charge >= 0.3 is 0 Å². The van der Waals surface area contributed by atoms with Crippen LogP contribution in [0, 0.1) is 3.57 Å². The van der Waals surface area contributed by atoms with Crippen LogP contribution in [0.15, 0.2) is 45.6 Å². The molecular formula is C14H7Br2IN2O. The number of aromatic nitrogens is 2. The van der Waals surface area contributed by atoms with Gasteiger partial charge in [0.25, 0.3) is 0 Å². The van der Waals surface area contributed by atoms with Gasteiger partial charge in [0.1, 0.15) is 5.65 Å². The van der Waals surface area contributed by atoms with Gasteiger partial charge in [-0.2, -0.15) is 0 Å². The molecule has 0 spiro atoms. The minimum Gasteiger partial charge on any atom is -0.345 e. The zero-order valence-electron chi connectivity index (χ0n) is 9.95. The molecule has 1 aromatic carbocycles. The molecule has 0 saturated carbocycles. The van der Waals surface area contributed by atoms with Crippen molar-refractivity contribution in [1.29, 1.82) is 0 Å². The molecule has 100 valence electrons. The molecule has 6 heteroatoms. The lowest BCUT2D eigenvalue weighted by molar-refractivity contribution is 0.103. The molecule has 0 fully saturated rings. The molecule has 0 aliphatic heterocycles. The van der Waals surface area contributed by atoms with E-state index in [1.165, 1.54) is 0 Å². The zero-order chi connectivity index (χ0) is 14.3. The number of hydrogen-bond acceptors (Lipinski definition) is 2. The van der Waals surface area contributed by atoms with Crippen LogP contribution >= 0.6 is 54.5 Å². The van der Waals surface area contributed by atoms with Gasteiger partial charge in [0.05, 0.1) is 0 Å². The van der Waals surface area contributed by atoms with E-state index in [1.54, 1.807) is 12.4 Å². The number of aromatic amines is 1. The molecule has 3 rings (SSSR count). The number of ketones is 1. The molecule has 0 aliphatic carbocycles. The molecule has 0 amide bonds. The lowest BCUT2D eigenvalue weighted by Crippen LogP contribution is -2.02. The Morgan fingerprint density at radius 1 is 1.20 bits per heavy atom. The molecule has 0 aliphatic rings. The lowest BCUT2D eigenvalue weighted by atomic mass is 10.0. The fourth-order valence-electron chi connectivity index (χ4n) is 1.98. The van der Waals surface area contributed by atoms with Crippen LogP contribution in [-0.4, -0.2) is 15.8 Å². The van der Waals surface area contributed by atoms with Crippen molar-refractivity contribution >= 4 is 71.3 Å². The molecule has 0 unspecified atom stereocenters. The predicted molar refractivity (Wildman–Crippen MR) is 94.1 cm³/mol. The van der Waals surface area contributed by atoms with E-state index in [1.807, 2.05) is 24.3 Å². The first-order chi connectivity index (χ1) is 9.56. The normalized spacial score (nSPS) is 10.9. The van der Waals surface area contributed by atoms with E-state index >= 15 is 0 Å². The summed E-state index contributed by atoms with van der Waals surface area (Å²) in [5, 5.41) is 0.815. The minimum absolute atomic E-state index is 0.0264. The highest BCUT2D eigenvalue weighted by Gasteiger charge is 2.17. The summed E-state index contributed by atoms with van der Waals surface area (Å²) < 4.78 is 2.66. The summed E-state index contributed by atoms with van der Waals surface area (Å²) in [7, 11) is 0. The number of H-pyrrole nitrogens is 1. The van der Waals surface area contributed by atoms with Gasteiger partial charge in [-0.05, 0) is 62.8 Å². The molecule has 3 aromatic rings. The summed E-state index contributed by atoms with van der Waals surface area (Å²) in [6.07, 6.45) is 3.41. The Labute approximate surface area is 145 Å². The van der Waals surface area contributed by atoms with Crippen molar-refractivity contribution < 1.29 is 4.79 Å². The summed E-state index contributed by atoms with van der Waals surface area (Å²) in [4.78, 5) is 20.0. The first-order valence-electron chi connectivity index (χ1n) is 5.68.